The summed E-state index contributed by atoms with van der Waals surface area (Å²) in [5.74, 6) is 0. The number of nitrogens with one attached hydrogen (secondary N) is 1. The molecular weight excluding hydrogens is 202 g/mol. The fraction of sp³-hybridized carbons (Fsp3) is 0.692. The molecule has 0 spiro atoms. The van der Waals surface area contributed by atoms with Gasteiger partial charge in [-0.25, -0.2) is 0 Å². The molecule has 1 aliphatic rings. The molecule has 1 aromatic rings. The molecule has 1 N–H and O–H groups in total. The van der Waals surface area contributed by atoms with E-state index < -0.39 is 0 Å². The van der Waals surface area contributed by atoms with E-state index in [9.17, 15) is 0 Å². The Bertz CT molecular complexity index is 260. The molecule has 2 rings (SSSR count). The second-order valence-electron chi connectivity index (χ2n) is 4.59. The van der Waals surface area contributed by atoms with E-state index >= 15 is 0 Å². The average Bonchev–Trinajstić information content (AvgIpc) is 2.65. The first-order valence-electron chi connectivity index (χ1n) is 6.16. The molecule has 0 aromatic carbocycles. The van der Waals surface area contributed by atoms with Crippen LogP contribution in [-0.2, 0) is 0 Å². The van der Waals surface area contributed by atoms with Gasteiger partial charge in [0.05, 0.1) is 0 Å². The minimum absolute atomic E-state index is 0.535. The Balaban J connectivity index is 1.84. The summed E-state index contributed by atoms with van der Waals surface area (Å²) < 4.78 is 0. The van der Waals surface area contributed by atoms with Gasteiger partial charge in [-0.15, -0.1) is 11.3 Å². The highest BCUT2D eigenvalue weighted by Gasteiger charge is 2.15. The van der Waals surface area contributed by atoms with Crippen molar-refractivity contribution in [3.63, 3.8) is 0 Å². The molecule has 1 unspecified atom stereocenters. The zero-order valence-electron chi connectivity index (χ0n) is 9.54. The van der Waals surface area contributed by atoms with E-state index in [1.165, 1.54) is 43.4 Å². The second kappa shape index (κ2) is 5.66. The van der Waals surface area contributed by atoms with E-state index in [0.29, 0.717) is 6.04 Å². The van der Waals surface area contributed by atoms with Gasteiger partial charge in [-0.05, 0) is 31.2 Å². The van der Waals surface area contributed by atoms with Gasteiger partial charge in [-0.2, -0.15) is 0 Å². The topological polar surface area (TPSA) is 12.0 Å². The lowest BCUT2D eigenvalue weighted by molar-refractivity contribution is 0.417. The first-order valence-corrected chi connectivity index (χ1v) is 7.03. The molecule has 1 saturated carbocycles. The molecule has 1 heterocycles. The zero-order valence-corrected chi connectivity index (χ0v) is 10.4. The smallest absolute Gasteiger partial charge is 0.0388 e. The van der Waals surface area contributed by atoms with E-state index in [1.807, 2.05) is 11.3 Å². The van der Waals surface area contributed by atoms with Crippen LogP contribution in [0.5, 0.6) is 0 Å². The first kappa shape index (κ1) is 11.2. The molecule has 0 radical (unpaired) electrons. The van der Waals surface area contributed by atoms with Gasteiger partial charge in [0.25, 0.3) is 0 Å². The van der Waals surface area contributed by atoms with E-state index in [-0.39, 0.29) is 0 Å². The minimum Gasteiger partial charge on any atom is -0.307 e. The van der Waals surface area contributed by atoms with Crippen molar-refractivity contribution in [2.45, 2.75) is 57.5 Å². The van der Waals surface area contributed by atoms with Gasteiger partial charge >= 0.3 is 0 Å². The van der Waals surface area contributed by atoms with Crippen LogP contribution in [0.1, 0.15) is 56.4 Å². The van der Waals surface area contributed by atoms with Crippen LogP contribution in [0.3, 0.4) is 0 Å². The molecule has 1 aromatic heterocycles. The summed E-state index contributed by atoms with van der Waals surface area (Å²) in [6.07, 6.45) is 8.44. The third-order valence-corrected chi connectivity index (χ3v) is 4.37. The van der Waals surface area contributed by atoms with Crippen molar-refractivity contribution in [3.05, 3.63) is 22.4 Å². The Kier molecular flexibility index (Phi) is 4.21. The van der Waals surface area contributed by atoms with Crippen molar-refractivity contribution in [1.29, 1.82) is 0 Å². The molecule has 0 bridgehead atoms. The highest BCUT2D eigenvalue weighted by Crippen LogP contribution is 2.23. The van der Waals surface area contributed by atoms with Crippen LogP contribution < -0.4 is 5.32 Å². The van der Waals surface area contributed by atoms with Gasteiger partial charge < -0.3 is 5.32 Å². The van der Waals surface area contributed by atoms with Gasteiger partial charge in [0.2, 0.25) is 0 Å². The molecule has 0 amide bonds. The van der Waals surface area contributed by atoms with E-state index in [4.69, 9.17) is 0 Å². The quantitative estimate of drug-likeness (QED) is 0.760. The first-order chi connectivity index (χ1) is 7.36. The van der Waals surface area contributed by atoms with E-state index in [2.05, 4.69) is 29.8 Å². The summed E-state index contributed by atoms with van der Waals surface area (Å²) in [4.78, 5) is 1.47. The fourth-order valence-corrected chi connectivity index (χ4v) is 3.16. The van der Waals surface area contributed by atoms with Crippen molar-refractivity contribution in [2.24, 2.45) is 0 Å². The lowest BCUT2D eigenvalue weighted by Crippen LogP contribution is -2.30. The summed E-state index contributed by atoms with van der Waals surface area (Å²) in [5, 5.41) is 5.94. The Morgan fingerprint density at radius 2 is 2.00 bits per heavy atom. The number of hydrogen-bond acceptors (Lipinski definition) is 2. The van der Waals surface area contributed by atoms with Crippen molar-refractivity contribution in [1.82, 2.24) is 5.32 Å². The summed E-state index contributed by atoms with van der Waals surface area (Å²) in [5.41, 5.74) is 0. The molecule has 84 valence electrons. The maximum Gasteiger partial charge on any atom is 0.0388 e. The van der Waals surface area contributed by atoms with Crippen LogP contribution in [0.15, 0.2) is 17.5 Å². The highest BCUT2D eigenvalue weighted by atomic mass is 32.1. The van der Waals surface area contributed by atoms with Crippen LogP contribution >= 0.6 is 11.3 Å². The SMILES string of the molecule is CC(NC1CCCCCC1)c1cccs1. The molecule has 1 aliphatic carbocycles. The lowest BCUT2D eigenvalue weighted by Gasteiger charge is -2.21. The van der Waals surface area contributed by atoms with Crippen molar-refractivity contribution in [3.8, 4) is 0 Å². The maximum atomic E-state index is 3.77. The van der Waals surface area contributed by atoms with Gasteiger partial charge in [-0.3, -0.25) is 0 Å². The minimum atomic E-state index is 0.535. The van der Waals surface area contributed by atoms with Gasteiger partial charge in [0.1, 0.15) is 0 Å². The van der Waals surface area contributed by atoms with Crippen molar-refractivity contribution >= 4 is 11.3 Å². The monoisotopic (exact) mass is 223 g/mol. The van der Waals surface area contributed by atoms with Crippen LogP contribution in [0, 0.1) is 0 Å². The molecule has 0 aliphatic heterocycles. The molecule has 0 saturated heterocycles. The summed E-state index contributed by atoms with van der Waals surface area (Å²) in [6, 6.07) is 5.67. The van der Waals surface area contributed by atoms with Gasteiger partial charge in [0, 0.05) is 17.0 Å². The Hall–Kier alpha value is -0.340. The molecule has 15 heavy (non-hydrogen) atoms. The van der Waals surface area contributed by atoms with Crippen LogP contribution in [0.25, 0.3) is 0 Å². The Morgan fingerprint density at radius 1 is 1.27 bits per heavy atom. The van der Waals surface area contributed by atoms with Crippen LogP contribution in [0.4, 0.5) is 0 Å². The molecule has 1 fully saturated rings. The number of rotatable bonds is 3. The van der Waals surface area contributed by atoms with Gasteiger partial charge in [-0.1, -0.05) is 31.7 Å². The van der Waals surface area contributed by atoms with Gasteiger partial charge in [0.15, 0.2) is 0 Å². The fourth-order valence-electron chi connectivity index (χ4n) is 2.42. The third kappa shape index (κ3) is 3.32. The largest absolute Gasteiger partial charge is 0.307 e. The maximum absolute atomic E-state index is 3.77. The standard InChI is InChI=1S/C13H21NS/c1-11(13-9-6-10-15-13)14-12-7-4-2-3-5-8-12/h6,9-12,14H,2-5,7-8H2,1H3. The number of hydrogen-bond donors (Lipinski definition) is 1. The average molecular weight is 223 g/mol. The number of thiophene rings is 1. The predicted molar refractivity (Wildman–Crippen MR) is 67.4 cm³/mol. The molecule has 1 atom stereocenters. The lowest BCUT2D eigenvalue weighted by atomic mass is 10.1. The molecule has 2 heteroatoms. The summed E-state index contributed by atoms with van der Waals surface area (Å²) >= 11 is 1.86. The highest BCUT2D eigenvalue weighted by molar-refractivity contribution is 7.10. The van der Waals surface area contributed by atoms with Crippen molar-refractivity contribution in [2.75, 3.05) is 0 Å². The molecular formula is C13H21NS. The normalized spacial score (nSPS) is 21.1. The second-order valence-corrected chi connectivity index (χ2v) is 5.57. The summed E-state index contributed by atoms with van der Waals surface area (Å²) in [7, 11) is 0. The zero-order chi connectivity index (χ0) is 10.5. The third-order valence-electron chi connectivity index (χ3n) is 3.31. The Labute approximate surface area is 96.9 Å². The predicted octanol–water partition coefficient (Wildman–Crippen LogP) is 4.12. The van der Waals surface area contributed by atoms with E-state index in [0.717, 1.165) is 6.04 Å². The van der Waals surface area contributed by atoms with E-state index in [1.54, 1.807) is 0 Å². The Morgan fingerprint density at radius 3 is 2.60 bits per heavy atom. The molecule has 1 nitrogen and oxygen atoms in total. The van der Waals surface area contributed by atoms with Crippen LogP contribution in [-0.4, -0.2) is 6.04 Å². The van der Waals surface area contributed by atoms with Crippen LogP contribution in [0.2, 0.25) is 0 Å². The van der Waals surface area contributed by atoms with Crippen molar-refractivity contribution < 1.29 is 0 Å². The summed E-state index contributed by atoms with van der Waals surface area (Å²) in [6.45, 7) is 2.29.